The van der Waals surface area contributed by atoms with Crippen LogP contribution in [0.3, 0.4) is 0 Å². The molecule has 0 atom stereocenters. The van der Waals surface area contributed by atoms with Crippen LogP contribution in [0, 0.1) is 11.3 Å². The number of rotatable bonds is 5. The molecule has 0 aliphatic carbocycles. The van der Waals surface area contributed by atoms with Crippen LogP contribution in [0.15, 0.2) is 30.3 Å². The third-order valence-electron chi connectivity index (χ3n) is 1.93. The van der Waals surface area contributed by atoms with Crippen LogP contribution in [0.1, 0.15) is 12.0 Å². The zero-order chi connectivity index (χ0) is 11.6. The topological polar surface area (TPSA) is 23.8 Å². The minimum atomic E-state index is 0.463. The second kappa shape index (κ2) is 8.63. The first-order chi connectivity index (χ1) is 7.83. The lowest BCUT2D eigenvalue weighted by Gasteiger charge is -2.01. The molecule has 1 aromatic carbocycles. The van der Waals surface area contributed by atoms with Gasteiger partial charge in [-0.25, -0.2) is 0 Å². The number of thioether (sulfide) groups is 2. The van der Waals surface area contributed by atoms with E-state index in [0.717, 1.165) is 22.1 Å². The third kappa shape index (κ3) is 6.16. The SMILES string of the molecule is N#CCSC(=S)SCCCc1ccccc1. The van der Waals surface area contributed by atoms with Gasteiger partial charge in [0.25, 0.3) is 0 Å². The lowest BCUT2D eigenvalue weighted by molar-refractivity contribution is 0.935. The highest BCUT2D eigenvalue weighted by molar-refractivity contribution is 8.47. The van der Waals surface area contributed by atoms with Gasteiger partial charge in [0, 0.05) is 0 Å². The fourth-order valence-corrected chi connectivity index (χ4v) is 3.03. The van der Waals surface area contributed by atoms with Crippen LogP contribution in [-0.2, 0) is 6.42 Å². The zero-order valence-corrected chi connectivity index (χ0v) is 11.3. The Hall–Kier alpha value is -0.500. The van der Waals surface area contributed by atoms with Gasteiger partial charge in [-0.05, 0) is 24.2 Å². The number of nitrogens with zero attached hydrogens (tertiary/aromatic N) is 1. The monoisotopic (exact) mass is 267 g/mol. The zero-order valence-electron chi connectivity index (χ0n) is 8.89. The van der Waals surface area contributed by atoms with Gasteiger partial charge in [-0.1, -0.05) is 54.3 Å². The molecule has 0 N–H and O–H groups in total. The second-order valence-electron chi connectivity index (χ2n) is 3.13. The normalized spacial score (nSPS) is 9.69. The number of thiocarbonyl (C=S) groups is 1. The molecule has 0 aliphatic rings. The smallest absolute Gasteiger partial charge is 0.105 e. The van der Waals surface area contributed by atoms with Crippen LogP contribution in [-0.4, -0.2) is 15.0 Å². The average molecular weight is 267 g/mol. The molecule has 0 amide bonds. The summed E-state index contributed by atoms with van der Waals surface area (Å²) in [6.45, 7) is 0. The Kier molecular flexibility index (Phi) is 7.32. The van der Waals surface area contributed by atoms with Crippen molar-refractivity contribution in [3.8, 4) is 6.07 Å². The van der Waals surface area contributed by atoms with Gasteiger partial charge < -0.3 is 0 Å². The van der Waals surface area contributed by atoms with Gasteiger partial charge >= 0.3 is 0 Å². The van der Waals surface area contributed by atoms with E-state index in [0.29, 0.717) is 5.75 Å². The Morgan fingerprint density at radius 3 is 2.69 bits per heavy atom. The van der Waals surface area contributed by atoms with E-state index in [9.17, 15) is 0 Å². The largest absolute Gasteiger partial charge is 0.197 e. The lowest BCUT2D eigenvalue weighted by Crippen LogP contribution is -1.90. The minimum Gasteiger partial charge on any atom is -0.197 e. The van der Waals surface area contributed by atoms with Crippen molar-refractivity contribution in [2.24, 2.45) is 0 Å². The molecule has 0 unspecified atom stereocenters. The first-order valence-corrected chi connectivity index (χ1v) is 7.41. The molecule has 0 spiro atoms. The van der Waals surface area contributed by atoms with E-state index in [1.54, 1.807) is 11.8 Å². The van der Waals surface area contributed by atoms with Crippen molar-refractivity contribution in [3.05, 3.63) is 35.9 Å². The van der Waals surface area contributed by atoms with Crippen LogP contribution in [0.5, 0.6) is 0 Å². The van der Waals surface area contributed by atoms with E-state index in [1.807, 2.05) is 6.07 Å². The molecule has 0 heterocycles. The molecule has 1 nitrogen and oxygen atoms in total. The first kappa shape index (κ1) is 13.6. The molecule has 0 bridgehead atoms. The van der Waals surface area contributed by atoms with Gasteiger partial charge in [-0.15, -0.1) is 11.8 Å². The van der Waals surface area contributed by atoms with Crippen molar-refractivity contribution < 1.29 is 0 Å². The van der Waals surface area contributed by atoms with E-state index < -0.39 is 0 Å². The predicted molar refractivity (Wildman–Crippen MR) is 77.9 cm³/mol. The van der Waals surface area contributed by atoms with Crippen molar-refractivity contribution in [2.45, 2.75) is 12.8 Å². The number of aryl methyl sites for hydroxylation is 1. The lowest BCUT2D eigenvalue weighted by atomic mass is 10.1. The summed E-state index contributed by atoms with van der Waals surface area (Å²) < 4.78 is 0.884. The molecular weight excluding hydrogens is 254 g/mol. The van der Waals surface area contributed by atoms with E-state index in [4.69, 9.17) is 17.5 Å². The fourth-order valence-electron chi connectivity index (χ4n) is 1.21. The third-order valence-corrected chi connectivity index (χ3v) is 4.58. The molecule has 0 fully saturated rings. The van der Waals surface area contributed by atoms with Gasteiger partial charge in [0.2, 0.25) is 0 Å². The molecule has 0 aromatic heterocycles. The molecule has 1 aromatic rings. The molecule has 0 saturated carbocycles. The van der Waals surface area contributed by atoms with Crippen molar-refractivity contribution >= 4 is 39.3 Å². The van der Waals surface area contributed by atoms with Crippen LogP contribution in [0.25, 0.3) is 0 Å². The Morgan fingerprint density at radius 2 is 2.00 bits per heavy atom. The molecule has 0 saturated heterocycles. The molecule has 84 valence electrons. The van der Waals surface area contributed by atoms with Crippen molar-refractivity contribution in [1.29, 1.82) is 5.26 Å². The number of hydrogen-bond acceptors (Lipinski definition) is 4. The summed E-state index contributed by atoms with van der Waals surface area (Å²) in [6, 6.07) is 12.5. The quantitative estimate of drug-likeness (QED) is 0.596. The average Bonchev–Trinajstić information content (AvgIpc) is 2.33. The van der Waals surface area contributed by atoms with Gasteiger partial charge in [0.15, 0.2) is 0 Å². The van der Waals surface area contributed by atoms with Gasteiger partial charge in [0.05, 0.1) is 11.8 Å². The van der Waals surface area contributed by atoms with Gasteiger partial charge in [-0.3, -0.25) is 0 Å². The number of hydrogen-bond donors (Lipinski definition) is 0. The summed E-state index contributed by atoms with van der Waals surface area (Å²) in [5.41, 5.74) is 1.37. The van der Waals surface area contributed by atoms with Gasteiger partial charge in [-0.2, -0.15) is 5.26 Å². The summed E-state index contributed by atoms with van der Waals surface area (Å²) in [5.74, 6) is 1.50. The van der Waals surface area contributed by atoms with E-state index in [-0.39, 0.29) is 0 Å². The Bertz CT molecular complexity index is 356. The summed E-state index contributed by atoms with van der Waals surface area (Å²) in [6.07, 6.45) is 2.22. The van der Waals surface area contributed by atoms with E-state index in [2.05, 4.69) is 30.3 Å². The molecule has 4 heteroatoms. The highest BCUT2D eigenvalue weighted by Crippen LogP contribution is 2.18. The van der Waals surface area contributed by atoms with Gasteiger partial charge in [0.1, 0.15) is 3.53 Å². The number of nitriles is 1. The summed E-state index contributed by atoms with van der Waals surface area (Å²) in [5, 5.41) is 8.40. The predicted octanol–water partition coefficient (Wildman–Crippen LogP) is 3.89. The van der Waals surface area contributed by atoms with Crippen LogP contribution in [0.2, 0.25) is 0 Å². The fraction of sp³-hybridized carbons (Fsp3) is 0.333. The van der Waals surface area contributed by atoms with Crippen LogP contribution in [0.4, 0.5) is 0 Å². The highest BCUT2D eigenvalue weighted by Gasteiger charge is 1.98. The number of benzene rings is 1. The van der Waals surface area contributed by atoms with Crippen LogP contribution < -0.4 is 0 Å². The van der Waals surface area contributed by atoms with Crippen LogP contribution >= 0.6 is 35.7 Å². The molecule has 0 radical (unpaired) electrons. The second-order valence-corrected chi connectivity index (χ2v) is 6.41. The first-order valence-electron chi connectivity index (χ1n) is 5.03. The van der Waals surface area contributed by atoms with Crippen molar-refractivity contribution in [3.63, 3.8) is 0 Å². The standard InChI is InChI=1S/C12H13NS3/c13-8-10-16-12(14)15-9-4-7-11-5-2-1-3-6-11/h1-3,5-6H,4,7,9-10H2. The Balaban J connectivity index is 2.08. The molecule has 1 rings (SSSR count). The minimum absolute atomic E-state index is 0.463. The maximum atomic E-state index is 8.40. The highest BCUT2D eigenvalue weighted by atomic mass is 32.2. The Morgan fingerprint density at radius 1 is 1.25 bits per heavy atom. The van der Waals surface area contributed by atoms with Crippen molar-refractivity contribution in [2.75, 3.05) is 11.5 Å². The molecular formula is C12H13NS3. The Labute approximate surface area is 111 Å². The molecule has 0 aliphatic heterocycles. The summed E-state index contributed by atoms with van der Waals surface area (Å²) in [4.78, 5) is 0. The molecule has 16 heavy (non-hydrogen) atoms. The van der Waals surface area contributed by atoms with E-state index in [1.165, 1.54) is 17.3 Å². The summed E-state index contributed by atoms with van der Waals surface area (Å²) >= 11 is 8.26. The summed E-state index contributed by atoms with van der Waals surface area (Å²) in [7, 11) is 0. The van der Waals surface area contributed by atoms with E-state index >= 15 is 0 Å². The van der Waals surface area contributed by atoms with Crippen molar-refractivity contribution in [1.82, 2.24) is 0 Å². The maximum Gasteiger partial charge on any atom is 0.105 e. The maximum absolute atomic E-state index is 8.40.